The minimum atomic E-state index is -1.11. The molecule has 0 saturated heterocycles. The number of carboxylic acid groups (broad SMARTS) is 1. The SMILES string of the molecule is CCCCCCC[CH2][Sn][CH2]CCCCCCC.O=C(O)c1ccccc1O. The fourth-order valence-corrected chi connectivity index (χ4v) is 6.41. The van der Waals surface area contributed by atoms with Gasteiger partial charge in [-0.15, -0.1) is 0 Å². The first-order valence-corrected chi connectivity index (χ1v) is 14.9. The number of hydrogen-bond donors (Lipinski definition) is 2. The van der Waals surface area contributed by atoms with Crippen LogP contribution >= 0.6 is 0 Å². The van der Waals surface area contributed by atoms with E-state index >= 15 is 0 Å². The zero-order valence-electron chi connectivity index (χ0n) is 17.5. The first-order valence-electron chi connectivity index (χ1n) is 10.9. The average Bonchev–Trinajstić information content (AvgIpc) is 2.66. The van der Waals surface area contributed by atoms with Gasteiger partial charge in [-0.3, -0.25) is 0 Å². The van der Waals surface area contributed by atoms with Crippen LogP contribution in [0.2, 0.25) is 8.87 Å². The van der Waals surface area contributed by atoms with E-state index in [2.05, 4.69) is 13.8 Å². The monoisotopic (exact) mass is 484 g/mol. The molecule has 0 aliphatic heterocycles. The molecule has 4 heteroatoms. The fourth-order valence-electron chi connectivity index (χ4n) is 2.84. The van der Waals surface area contributed by atoms with E-state index in [0.717, 1.165) is 0 Å². The molecule has 1 rings (SSSR count). The minimum Gasteiger partial charge on any atom is -0.507 e. The molecule has 154 valence electrons. The molecule has 0 aromatic heterocycles. The fraction of sp³-hybridized carbons (Fsp3) is 0.696. The second-order valence-corrected chi connectivity index (χ2v) is 11.4. The van der Waals surface area contributed by atoms with Crippen LogP contribution in [0.3, 0.4) is 0 Å². The van der Waals surface area contributed by atoms with E-state index in [1.165, 1.54) is 76.3 Å². The molecule has 1 aromatic carbocycles. The van der Waals surface area contributed by atoms with Gasteiger partial charge in [-0.1, -0.05) is 12.1 Å². The van der Waals surface area contributed by atoms with Gasteiger partial charge in [0.1, 0.15) is 11.3 Å². The van der Waals surface area contributed by atoms with Gasteiger partial charge in [-0.2, -0.15) is 0 Å². The normalized spacial score (nSPS) is 10.3. The third-order valence-corrected chi connectivity index (χ3v) is 8.58. The minimum absolute atomic E-state index is 0.0671. The molecular weight excluding hydrogens is 443 g/mol. The first-order chi connectivity index (χ1) is 13.1. The number of carbonyl (C=O) groups is 1. The summed E-state index contributed by atoms with van der Waals surface area (Å²) >= 11 is 0.0736. The maximum Gasteiger partial charge on any atom is 0.339 e. The molecule has 3 nitrogen and oxygen atoms in total. The molecule has 0 aliphatic carbocycles. The summed E-state index contributed by atoms with van der Waals surface area (Å²) in [6, 6.07) is 5.81. The van der Waals surface area contributed by atoms with Gasteiger partial charge in [0, 0.05) is 0 Å². The molecule has 0 fully saturated rings. The van der Waals surface area contributed by atoms with Crippen molar-refractivity contribution in [1.29, 1.82) is 0 Å². The first kappa shape index (κ1) is 26.3. The average molecular weight is 483 g/mol. The van der Waals surface area contributed by atoms with Crippen LogP contribution in [0, 0.1) is 0 Å². The summed E-state index contributed by atoms with van der Waals surface area (Å²) < 4.78 is 3.31. The van der Waals surface area contributed by atoms with Crippen LogP contribution in [0.15, 0.2) is 24.3 Å². The number of aromatic hydroxyl groups is 1. The van der Waals surface area contributed by atoms with Crippen molar-refractivity contribution in [2.75, 3.05) is 0 Å². The molecule has 1 aromatic rings. The van der Waals surface area contributed by atoms with E-state index in [4.69, 9.17) is 10.2 Å². The molecule has 0 bridgehead atoms. The van der Waals surface area contributed by atoms with E-state index in [1.54, 1.807) is 33.8 Å². The predicted octanol–water partition coefficient (Wildman–Crippen LogP) is 7.34. The van der Waals surface area contributed by atoms with Crippen LogP contribution in [0.1, 0.15) is 101 Å². The van der Waals surface area contributed by atoms with E-state index < -0.39 is 5.97 Å². The second-order valence-electron chi connectivity index (χ2n) is 7.11. The Kier molecular flexibility index (Phi) is 19.5. The van der Waals surface area contributed by atoms with Crippen LogP contribution in [-0.4, -0.2) is 37.3 Å². The number of carboxylic acids is 1. The quantitative estimate of drug-likeness (QED) is 0.203. The van der Waals surface area contributed by atoms with Crippen molar-refractivity contribution in [1.82, 2.24) is 0 Å². The number of rotatable bonds is 15. The van der Waals surface area contributed by atoms with Gasteiger partial charge < -0.3 is 10.2 Å². The van der Waals surface area contributed by atoms with Gasteiger partial charge in [0.05, 0.1) is 0 Å². The van der Waals surface area contributed by atoms with Crippen molar-refractivity contribution >= 4 is 27.1 Å². The van der Waals surface area contributed by atoms with Crippen molar-refractivity contribution in [3.8, 4) is 5.75 Å². The Balaban J connectivity index is 0.000000569. The molecule has 0 spiro atoms. The summed E-state index contributed by atoms with van der Waals surface area (Å²) in [5.41, 5.74) is -0.0671. The molecule has 0 unspecified atom stereocenters. The number of hydrogen-bond acceptors (Lipinski definition) is 2. The Morgan fingerprint density at radius 3 is 1.63 bits per heavy atom. The van der Waals surface area contributed by atoms with Crippen LogP contribution in [0.4, 0.5) is 0 Å². The van der Waals surface area contributed by atoms with Crippen molar-refractivity contribution in [2.24, 2.45) is 0 Å². The van der Waals surface area contributed by atoms with E-state index in [9.17, 15) is 4.79 Å². The molecule has 2 radical (unpaired) electrons. The summed E-state index contributed by atoms with van der Waals surface area (Å²) in [6.45, 7) is 4.60. The third kappa shape index (κ3) is 17.1. The molecule has 0 amide bonds. The Morgan fingerprint density at radius 1 is 0.778 bits per heavy atom. The maximum absolute atomic E-state index is 10.3. The summed E-state index contributed by atoms with van der Waals surface area (Å²) in [5, 5.41) is 17.3. The number of benzene rings is 1. The zero-order valence-corrected chi connectivity index (χ0v) is 20.4. The number of unbranched alkanes of at least 4 members (excludes halogenated alkanes) is 10. The van der Waals surface area contributed by atoms with Crippen molar-refractivity contribution in [2.45, 2.75) is 99.8 Å². The summed E-state index contributed by atoms with van der Waals surface area (Å²) in [4.78, 5) is 10.3. The smallest absolute Gasteiger partial charge is 0.339 e. The standard InChI is InChI=1S/2C8H17.C7H6O3.Sn/c2*1-3-5-7-8-6-4-2;8-6-4-2-1-3-5(6)7(9)10;/h2*1,3-8H2,2H3;1-4,8H,(H,9,10);. The Morgan fingerprint density at radius 2 is 1.22 bits per heavy atom. The topological polar surface area (TPSA) is 57.5 Å². The van der Waals surface area contributed by atoms with Gasteiger partial charge in [0.15, 0.2) is 0 Å². The molecule has 0 heterocycles. The number of para-hydroxylation sites is 1. The molecule has 0 saturated carbocycles. The molecular formula is C23H40O3Sn. The Labute approximate surface area is 177 Å². The molecule has 2 N–H and O–H groups in total. The summed E-state index contributed by atoms with van der Waals surface area (Å²) in [5.74, 6) is -1.31. The molecule has 0 aliphatic rings. The van der Waals surface area contributed by atoms with Crippen molar-refractivity contribution < 1.29 is 15.0 Å². The largest absolute Gasteiger partial charge is 0.507 e. The maximum atomic E-state index is 10.3. The Hall–Kier alpha value is -0.711. The van der Waals surface area contributed by atoms with Crippen LogP contribution in [-0.2, 0) is 0 Å². The van der Waals surface area contributed by atoms with Crippen LogP contribution < -0.4 is 0 Å². The predicted molar refractivity (Wildman–Crippen MR) is 117 cm³/mol. The van der Waals surface area contributed by atoms with Crippen molar-refractivity contribution in [3.63, 3.8) is 0 Å². The van der Waals surface area contributed by atoms with Gasteiger partial charge in [-0.25, -0.2) is 4.79 Å². The van der Waals surface area contributed by atoms with E-state index in [0.29, 0.717) is 0 Å². The van der Waals surface area contributed by atoms with E-state index in [-0.39, 0.29) is 32.5 Å². The summed E-state index contributed by atoms with van der Waals surface area (Å²) in [6.07, 6.45) is 17.8. The molecule has 27 heavy (non-hydrogen) atoms. The zero-order chi connectivity index (χ0) is 20.2. The van der Waals surface area contributed by atoms with Gasteiger partial charge in [0.2, 0.25) is 0 Å². The van der Waals surface area contributed by atoms with Gasteiger partial charge in [0.25, 0.3) is 0 Å². The third-order valence-electron chi connectivity index (χ3n) is 4.55. The van der Waals surface area contributed by atoms with Crippen LogP contribution in [0.5, 0.6) is 5.75 Å². The van der Waals surface area contributed by atoms with E-state index in [1.807, 2.05) is 0 Å². The number of aromatic carboxylic acids is 1. The van der Waals surface area contributed by atoms with Crippen LogP contribution in [0.25, 0.3) is 0 Å². The number of phenols is 1. The second kappa shape index (κ2) is 20.0. The van der Waals surface area contributed by atoms with Gasteiger partial charge >= 0.3 is 127 Å². The van der Waals surface area contributed by atoms with Gasteiger partial charge in [-0.05, 0) is 12.1 Å². The van der Waals surface area contributed by atoms with Crippen molar-refractivity contribution in [3.05, 3.63) is 29.8 Å². The summed E-state index contributed by atoms with van der Waals surface area (Å²) in [7, 11) is 0. The Bertz CT molecular complexity index is 449. The molecule has 0 atom stereocenters.